The number of alkyl halides is 3. The van der Waals surface area contributed by atoms with E-state index < -0.39 is 17.7 Å². The molecule has 0 fully saturated rings. The molecule has 4 nitrogen and oxygen atoms in total. The molecule has 4 rings (SSSR count). The predicted octanol–water partition coefficient (Wildman–Crippen LogP) is 5.09. The molecule has 1 aliphatic carbocycles. The van der Waals surface area contributed by atoms with Crippen molar-refractivity contribution in [3.8, 4) is 0 Å². The van der Waals surface area contributed by atoms with Crippen molar-refractivity contribution in [3.05, 3.63) is 70.9 Å². The lowest BCUT2D eigenvalue weighted by Crippen LogP contribution is -2.14. The maximum absolute atomic E-state index is 12.8. The largest absolute Gasteiger partial charge is 0.416 e. The number of fused-ring (bicyclic) bond motifs is 3. The third kappa shape index (κ3) is 3.17. The number of hydrogen-bond acceptors (Lipinski definition) is 3. The SMILES string of the molecule is Cn1c2c(c3ccccc31)/C(=N\OC(=O)c1cccc(C(F)(F)F)c1)CCC2. The molecule has 1 heterocycles. The van der Waals surface area contributed by atoms with E-state index in [-0.39, 0.29) is 5.56 Å². The number of hydrogen-bond donors (Lipinski definition) is 0. The highest BCUT2D eigenvalue weighted by Gasteiger charge is 2.31. The van der Waals surface area contributed by atoms with Gasteiger partial charge in [-0.3, -0.25) is 0 Å². The molecule has 0 N–H and O–H groups in total. The van der Waals surface area contributed by atoms with Gasteiger partial charge in [0.15, 0.2) is 0 Å². The molecule has 0 unspecified atom stereocenters. The predicted molar refractivity (Wildman–Crippen MR) is 99.3 cm³/mol. The first-order valence-electron chi connectivity index (χ1n) is 8.88. The van der Waals surface area contributed by atoms with Gasteiger partial charge in [-0.25, -0.2) is 4.79 Å². The van der Waals surface area contributed by atoms with Crippen molar-refractivity contribution >= 4 is 22.6 Å². The van der Waals surface area contributed by atoms with Gasteiger partial charge in [-0.05, 0) is 43.5 Å². The average molecular weight is 386 g/mol. The van der Waals surface area contributed by atoms with E-state index in [0.717, 1.165) is 47.1 Å². The van der Waals surface area contributed by atoms with Crippen LogP contribution in [-0.4, -0.2) is 16.2 Å². The molecule has 7 heteroatoms. The second-order valence-corrected chi connectivity index (χ2v) is 6.75. The number of para-hydroxylation sites is 1. The number of carbonyl (C=O) groups is 1. The van der Waals surface area contributed by atoms with Gasteiger partial charge in [-0.1, -0.05) is 29.4 Å². The van der Waals surface area contributed by atoms with Crippen LogP contribution in [0.5, 0.6) is 0 Å². The molecule has 0 radical (unpaired) electrons. The van der Waals surface area contributed by atoms with Crippen LogP contribution in [0.4, 0.5) is 13.2 Å². The molecule has 0 saturated carbocycles. The molecule has 144 valence electrons. The van der Waals surface area contributed by atoms with Gasteiger partial charge in [0.25, 0.3) is 0 Å². The number of benzene rings is 2. The van der Waals surface area contributed by atoms with Gasteiger partial charge in [0.05, 0.1) is 16.8 Å². The van der Waals surface area contributed by atoms with E-state index in [1.54, 1.807) is 0 Å². The topological polar surface area (TPSA) is 43.6 Å². The van der Waals surface area contributed by atoms with Crippen LogP contribution >= 0.6 is 0 Å². The van der Waals surface area contributed by atoms with Gasteiger partial charge in [-0.2, -0.15) is 13.2 Å². The number of halogens is 3. The minimum atomic E-state index is -4.52. The smallest absolute Gasteiger partial charge is 0.347 e. The molecule has 1 aliphatic rings. The minimum absolute atomic E-state index is 0.187. The summed E-state index contributed by atoms with van der Waals surface area (Å²) in [4.78, 5) is 17.3. The Kier molecular flexibility index (Phi) is 4.45. The zero-order valence-electron chi connectivity index (χ0n) is 15.1. The monoisotopic (exact) mass is 386 g/mol. The van der Waals surface area contributed by atoms with Crippen molar-refractivity contribution in [1.82, 2.24) is 4.57 Å². The van der Waals surface area contributed by atoms with Gasteiger partial charge in [0, 0.05) is 29.2 Å². The first-order chi connectivity index (χ1) is 13.4. The zero-order valence-corrected chi connectivity index (χ0v) is 15.1. The maximum atomic E-state index is 12.8. The first-order valence-corrected chi connectivity index (χ1v) is 8.88. The number of carbonyl (C=O) groups excluding carboxylic acids is 1. The second kappa shape index (κ2) is 6.82. The molecular weight excluding hydrogens is 369 g/mol. The average Bonchev–Trinajstić information content (AvgIpc) is 2.99. The first kappa shape index (κ1) is 18.3. The van der Waals surface area contributed by atoms with Gasteiger partial charge in [-0.15, -0.1) is 0 Å². The van der Waals surface area contributed by atoms with Crippen LogP contribution in [0.15, 0.2) is 53.7 Å². The molecule has 1 aromatic heterocycles. The summed E-state index contributed by atoms with van der Waals surface area (Å²) in [6.07, 6.45) is -2.14. The number of rotatable bonds is 2. The lowest BCUT2D eigenvalue weighted by molar-refractivity contribution is -0.137. The van der Waals surface area contributed by atoms with Crippen LogP contribution in [-0.2, 0) is 24.5 Å². The Morgan fingerprint density at radius 3 is 2.68 bits per heavy atom. The van der Waals surface area contributed by atoms with E-state index in [2.05, 4.69) is 9.72 Å². The summed E-state index contributed by atoms with van der Waals surface area (Å²) in [5, 5.41) is 5.05. The Labute approximate surface area is 159 Å². The van der Waals surface area contributed by atoms with Gasteiger partial charge >= 0.3 is 12.1 Å². The van der Waals surface area contributed by atoms with Gasteiger partial charge in [0.2, 0.25) is 0 Å². The number of oxime groups is 1. The molecule has 2 aromatic carbocycles. The molecule has 0 amide bonds. The van der Waals surface area contributed by atoms with E-state index in [1.807, 2.05) is 31.3 Å². The van der Waals surface area contributed by atoms with Crippen molar-refractivity contribution in [1.29, 1.82) is 0 Å². The van der Waals surface area contributed by atoms with Crippen LogP contribution in [0, 0.1) is 0 Å². The fourth-order valence-corrected chi connectivity index (χ4v) is 3.67. The zero-order chi connectivity index (χ0) is 19.9. The number of nitrogens with zero attached hydrogens (tertiary/aromatic N) is 2. The third-order valence-corrected chi connectivity index (χ3v) is 5.01. The third-order valence-electron chi connectivity index (χ3n) is 5.01. The normalized spacial score (nSPS) is 15.6. The van der Waals surface area contributed by atoms with Crippen LogP contribution < -0.4 is 0 Å². The van der Waals surface area contributed by atoms with Crippen molar-refractivity contribution in [3.63, 3.8) is 0 Å². The Bertz CT molecular complexity index is 1100. The number of aromatic nitrogens is 1. The quantitative estimate of drug-likeness (QED) is 0.455. The highest BCUT2D eigenvalue weighted by Crippen LogP contribution is 2.32. The van der Waals surface area contributed by atoms with Gasteiger partial charge in [0.1, 0.15) is 0 Å². The Hall–Kier alpha value is -3.09. The standard InChI is InChI=1S/C21H17F3N2O2/c1-26-17-10-3-2-8-15(17)19-16(9-5-11-18(19)26)25-28-20(27)13-6-4-7-14(12-13)21(22,23)24/h2-4,6-8,10,12H,5,9,11H2,1H3/b25-16-. The molecule has 3 aromatic rings. The summed E-state index contributed by atoms with van der Waals surface area (Å²) < 4.78 is 40.6. The summed E-state index contributed by atoms with van der Waals surface area (Å²) in [6, 6.07) is 12.0. The van der Waals surface area contributed by atoms with Crippen molar-refractivity contribution < 1.29 is 22.8 Å². The Morgan fingerprint density at radius 1 is 1.11 bits per heavy atom. The van der Waals surface area contributed by atoms with E-state index in [9.17, 15) is 18.0 Å². The fraction of sp³-hybridized carbons (Fsp3) is 0.238. The number of aryl methyl sites for hydroxylation is 1. The van der Waals surface area contributed by atoms with Crippen LogP contribution in [0.3, 0.4) is 0 Å². The minimum Gasteiger partial charge on any atom is -0.347 e. The summed E-state index contributed by atoms with van der Waals surface area (Å²) in [7, 11) is 1.98. The molecular formula is C21H17F3N2O2. The fourth-order valence-electron chi connectivity index (χ4n) is 3.67. The molecule has 0 saturated heterocycles. The van der Waals surface area contributed by atoms with Crippen molar-refractivity contribution in [2.45, 2.75) is 25.4 Å². The van der Waals surface area contributed by atoms with Crippen molar-refractivity contribution in [2.24, 2.45) is 12.2 Å². The van der Waals surface area contributed by atoms with E-state index in [0.29, 0.717) is 12.1 Å². The molecule has 0 aliphatic heterocycles. The Morgan fingerprint density at radius 2 is 1.89 bits per heavy atom. The maximum Gasteiger partial charge on any atom is 0.416 e. The lowest BCUT2D eigenvalue weighted by atomic mass is 9.93. The van der Waals surface area contributed by atoms with Gasteiger partial charge < -0.3 is 9.40 Å². The van der Waals surface area contributed by atoms with E-state index in [1.165, 1.54) is 12.1 Å². The lowest BCUT2D eigenvalue weighted by Gasteiger charge is -2.15. The van der Waals surface area contributed by atoms with Crippen molar-refractivity contribution in [2.75, 3.05) is 0 Å². The highest BCUT2D eigenvalue weighted by molar-refractivity contribution is 6.13. The summed E-state index contributed by atoms with van der Waals surface area (Å²) in [6.45, 7) is 0. The summed E-state index contributed by atoms with van der Waals surface area (Å²) in [5.41, 5.74) is 2.67. The van der Waals surface area contributed by atoms with E-state index in [4.69, 9.17) is 4.84 Å². The summed E-state index contributed by atoms with van der Waals surface area (Å²) in [5.74, 6) is -0.911. The molecule has 28 heavy (non-hydrogen) atoms. The Balaban J connectivity index is 1.66. The summed E-state index contributed by atoms with van der Waals surface area (Å²) >= 11 is 0. The molecule has 0 spiro atoms. The van der Waals surface area contributed by atoms with E-state index >= 15 is 0 Å². The highest BCUT2D eigenvalue weighted by atomic mass is 19.4. The molecule has 0 bridgehead atoms. The van der Waals surface area contributed by atoms with Crippen LogP contribution in [0.1, 0.15) is 40.0 Å². The van der Waals surface area contributed by atoms with Crippen LogP contribution in [0.25, 0.3) is 10.9 Å². The second-order valence-electron chi connectivity index (χ2n) is 6.75. The van der Waals surface area contributed by atoms with Crippen LogP contribution in [0.2, 0.25) is 0 Å². The molecule has 0 atom stereocenters.